The number of hydrogen-bond donors (Lipinski definition) is 4. The molecule has 0 bridgehead atoms. The van der Waals surface area contributed by atoms with Crippen molar-refractivity contribution in [3.8, 4) is 0 Å². The van der Waals surface area contributed by atoms with E-state index in [1.54, 1.807) is 71.1 Å². The van der Waals surface area contributed by atoms with Crippen LogP contribution in [0.3, 0.4) is 0 Å². The molecule has 8 rings (SSSR count). The average Bonchev–Trinajstić information content (AvgIpc) is 0.816. The van der Waals surface area contributed by atoms with Crippen LogP contribution >= 0.6 is 46.4 Å². The van der Waals surface area contributed by atoms with Gasteiger partial charge in [0.25, 0.3) is 0 Å². The Morgan fingerprint density at radius 2 is 1.02 bits per heavy atom. The van der Waals surface area contributed by atoms with E-state index in [4.69, 9.17) is 56.2 Å². The summed E-state index contributed by atoms with van der Waals surface area (Å²) in [5.74, 6) is -2.13. The number of hydrogen-bond acceptors (Lipinski definition) is 10. The van der Waals surface area contributed by atoms with Gasteiger partial charge in [0.1, 0.15) is 18.4 Å². The maximum absolute atomic E-state index is 13.6. The van der Waals surface area contributed by atoms with Crippen molar-refractivity contribution in [1.82, 2.24) is 40.4 Å². The number of aliphatic hydroxyl groups excluding tert-OH is 1. The van der Waals surface area contributed by atoms with Crippen LogP contribution in [0.25, 0.3) is 0 Å². The number of carbonyl (C=O) groups is 5. The molecular formula is C63H80Cl4F6N8O7. The summed E-state index contributed by atoms with van der Waals surface area (Å²) in [5, 5.41) is 18.5. The predicted molar refractivity (Wildman–Crippen MR) is 329 cm³/mol. The fraction of sp³-hybridized carbons (Fsp3) is 0.540. The number of rotatable bonds is 16. The first kappa shape index (κ1) is 71.7. The van der Waals surface area contributed by atoms with E-state index in [-0.39, 0.29) is 48.0 Å². The smallest absolute Gasteiger partial charge is 0.410 e. The van der Waals surface area contributed by atoms with Crippen molar-refractivity contribution < 1.29 is 60.2 Å². The number of halogens is 10. The van der Waals surface area contributed by atoms with Crippen LogP contribution in [0.15, 0.2) is 84.9 Å². The Balaban J connectivity index is 0.000000272. The molecule has 4 heterocycles. The second-order valence-corrected chi connectivity index (χ2v) is 25.8. The molecule has 2 fully saturated rings. The maximum Gasteiger partial charge on any atom is 0.410 e. The van der Waals surface area contributed by atoms with Crippen molar-refractivity contribution in [2.45, 2.75) is 132 Å². The van der Waals surface area contributed by atoms with E-state index in [1.807, 2.05) is 36.4 Å². The number of carbonyl (C=O) groups excluding carboxylic acids is 5. The zero-order valence-electron chi connectivity index (χ0n) is 50.9. The summed E-state index contributed by atoms with van der Waals surface area (Å²) in [4.78, 5) is 71.9. The molecule has 0 aliphatic carbocycles. The van der Waals surface area contributed by atoms with Crippen LogP contribution < -0.4 is 16.0 Å². The Bertz CT molecular complexity index is 3100. The number of nitrogens with one attached hydrogen (secondary N) is 3. The Labute approximate surface area is 531 Å². The SMILES string of the molecule is CCO.CN(C[C@](CCN1CCC2(CC1)NC(=O)Cc1ccccc12)(c1ccc(Cl)c(Cl)c1)N(C)C(=O)OC(C)(C)C)C(=O)CC(F)(F)F.CN[C@](CCN1CCC2(CC1)NC(=O)Cc1ccccc12)(CN(C)C(=O)CC(F)(F)F)c1ccc(Cl)c(Cl)c1. The third kappa shape index (κ3) is 18.4. The average molecular weight is 1320 g/mol. The van der Waals surface area contributed by atoms with Gasteiger partial charge in [-0.1, -0.05) is 107 Å². The maximum atomic E-state index is 13.6. The number of fused-ring (bicyclic) bond motifs is 4. The number of piperidine rings is 2. The minimum Gasteiger partial charge on any atom is -0.444 e. The number of ether oxygens (including phenoxy) is 1. The Hall–Kier alpha value is -5.39. The number of alkyl halides is 6. The highest BCUT2D eigenvalue weighted by Gasteiger charge is 2.48. The van der Waals surface area contributed by atoms with Crippen LogP contribution in [-0.2, 0) is 58.9 Å². The molecule has 2 saturated heterocycles. The van der Waals surface area contributed by atoms with Gasteiger partial charge in [0, 0.05) is 80.1 Å². The molecule has 484 valence electrons. The largest absolute Gasteiger partial charge is 0.444 e. The van der Waals surface area contributed by atoms with Crippen molar-refractivity contribution in [3.63, 3.8) is 0 Å². The van der Waals surface area contributed by atoms with E-state index in [2.05, 4.69) is 37.9 Å². The molecule has 4 aromatic carbocycles. The summed E-state index contributed by atoms with van der Waals surface area (Å²) in [6.07, 6.45) is -8.91. The van der Waals surface area contributed by atoms with E-state index in [1.165, 1.54) is 31.6 Å². The van der Waals surface area contributed by atoms with Gasteiger partial charge in [-0.25, -0.2) is 4.79 Å². The van der Waals surface area contributed by atoms with Crippen LogP contribution in [0.5, 0.6) is 0 Å². The van der Waals surface area contributed by atoms with Gasteiger partial charge >= 0.3 is 18.4 Å². The zero-order chi connectivity index (χ0) is 65.2. The Morgan fingerprint density at radius 3 is 1.43 bits per heavy atom. The fourth-order valence-corrected chi connectivity index (χ4v) is 12.9. The highest BCUT2D eigenvalue weighted by Crippen LogP contribution is 2.43. The van der Waals surface area contributed by atoms with Crippen LogP contribution in [0.2, 0.25) is 20.1 Å². The normalized spacial score (nSPS) is 17.9. The molecule has 4 aromatic rings. The number of amides is 5. The van der Waals surface area contributed by atoms with Crippen molar-refractivity contribution >= 4 is 76.1 Å². The molecule has 2 spiro atoms. The van der Waals surface area contributed by atoms with Gasteiger partial charge in [-0.15, -0.1) is 0 Å². The van der Waals surface area contributed by atoms with Gasteiger partial charge in [0.2, 0.25) is 23.6 Å². The van der Waals surface area contributed by atoms with Crippen molar-refractivity contribution in [2.75, 3.05) is 87.2 Å². The highest BCUT2D eigenvalue weighted by atomic mass is 35.5. The molecule has 25 heteroatoms. The van der Waals surface area contributed by atoms with Crippen LogP contribution in [0.1, 0.15) is 112 Å². The minimum atomic E-state index is -4.70. The first-order chi connectivity index (χ1) is 41.1. The van der Waals surface area contributed by atoms with E-state index >= 15 is 0 Å². The van der Waals surface area contributed by atoms with Crippen molar-refractivity contribution in [2.24, 2.45) is 0 Å². The van der Waals surface area contributed by atoms with E-state index in [0.717, 1.165) is 58.0 Å². The lowest BCUT2D eigenvalue weighted by molar-refractivity contribution is -0.163. The van der Waals surface area contributed by atoms with Gasteiger partial charge in [-0.2, -0.15) is 26.3 Å². The summed E-state index contributed by atoms with van der Waals surface area (Å²) < 4.78 is 84.3. The number of likely N-dealkylation sites (tertiary alicyclic amines) is 2. The molecule has 0 radical (unpaired) electrons. The van der Waals surface area contributed by atoms with E-state index in [0.29, 0.717) is 73.9 Å². The van der Waals surface area contributed by atoms with Crippen molar-refractivity contribution in [3.05, 3.63) is 138 Å². The number of aliphatic hydroxyl groups is 1. The summed E-state index contributed by atoms with van der Waals surface area (Å²) in [6, 6.07) is 25.9. The summed E-state index contributed by atoms with van der Waals surface area (Å²) in [7, 11) is 5.91. The lowest BCUT2D eigenvalue weighted by Gasteiger charge is -2.48. The van der Waals surface area contributed by atoms with Gasteiger partial charge in [0.05, 0.1) is 55.1 Å². The molecule has 0 saturated carbocycles. The van der Waals surface area contributed by atoms with Gasteiger partial charge in [-0.05, 0) is 131 Å². The van der Waals surface area contributed by atoms with Crippen molar-refractivity contribution in [1.29, 1.82) is 0 Å². The molecule has 15 nitrogen and oxygen atoms in total. The summed E-state index contributed by atoms with van der Waals surface area (Å²) in [6.45, 7) is 10.6. The molecule has 2 atom stereocenters. The zero-order valence-corrected chi connectivity index (χ0v) is 54.0. The number of likely N-dealkylation sites (N-methyl/N-ethyl adjacent to an activating group) is 4. The molecule has 0 unspecified atom stereocenters. The van der Waals surface area contributed by atoms with Gasteiger partial charge in [-0.3, -0.25) is 24.1 Å². The molecule has 4 aliphatic rings. The standard InChI is InChI=1S/C33H41Cl2F3N4O4.C28H33Cl2F3N4O2.C2H6O/c1-30(2,3)46-29(45)41(5)32(23-10-11-25(34)26(35)19-23,21-40(4)28(44)20-33(36,37)38)14-17-42-15-12-31(13-16-42)24-9-7-6-8-22(24)18-27(43)39-31;1-34-27(20-7-8-22(29)23(30)16-20,18-36(2)25(39)17-28(31,32)33)11-14-37-12-9-26(10-13-37)21-6-4-3-5-19(21)15-24(38)35-26;1-2-3/h6-11,19H,12-18,20-21H2,1-5H3,(H,39,43);3-8,16,34H,9-15,17-18H2,1-2H3,(H,35,38);3H,2H2,1H3/t32-;27-;/m11./s1. The third-order valence-electron chi connectivity index (χ3n) is 16.9. The fourth-order valence-electron chi connectivity index (χ4n) is 12.3. The van der Waals surface area contributed by atoms with Crippen LogP contribution in [-0.4, -0.2) is 164 Å². The van der Waals surface area contributed by atoms with E-state index in [9.17, 15) is 50.3 Å². The first-order valence-electron chi connectivity index (χ1n) is 29.1. The van der Waals surface area contributed by atoms with Crippen LogP contribution in [0.4, 0.5) is 31.1 Å². The third-order valence-corrected chi connectivity index (χ3v) is 18.4. The highest BCUT2D eigenvalue weighted by molar-refractivity contribution is 6.42. The number of benzene rings is 4. The summed E-state index contributed by atoms with van der Waals surface area (Å²) in [5.41, 5.74) is 1.63. The van der Waals surface area contributed by atoms with E-state index < -0.39 is 70.9 Å². The van der Waals surface area contributed by atoms with Crippen LogP contribution in [0, 0.1) is 0 Å². The molecule has 4 aliphatic heterocycles. The first-order valence-corrected chi connectivity index (χ1v) is 30.7. The molecule has 5 amide bonds. The lowest BCUT2D eigenvalue weighted by atomic mass is 9.75. The molecular weight excluding hydrogens is 1240 g/mol. The molecule has 4 N–H and O–H groups in total. The molecule has 88 heavy (non-hydrogen) atoms. The lowest BCUT2D eigenvalue weighted by Crippen LogP contribution is -2.58. The second-order valence-electron chi connectivity index (χ2n) is 24.2. The second kappa shape index (κ2) is 29.7. The summed E-state index contributed by atoms with van der Waals surface area (Å²) >= 11 is 25.1. The predicted octanol–water partition coefficient (Wildman–Crippen LogP) is 11.4. The monoisotopic (exact) mass is 1310 g/mol. The Morgan fingerprint density at radius 1 is 0.625 bits per heavy atom. The molecule has 0 aromatic heterocycles. The van der Waals surface area contributed by atoms with Gasteiger partial charge < -0.3 is 45.4 Å². The topological polar surface area (TPSA) is 167 Å². The minimum absolute atomic E-state index is 0.0115. The van der Waals surface area contributed by atoms with Gasteiger partial charge in [0.15, 0.2) is 0 Å². The number of nitrogens with zero attached hydrogens (tertiary/aromatic N) is 5. The Kier molecular flexibility index (Phi) is 24.2. The quantitative estimate of drug-likeness (QED) is 0.0793.